The predicted octanol–water partition coefficient (Wildman–Crippen LogP) is 2.96. The summed E-state index contributed by atoms with van der Waals surface area (Å²) in [6.07, 6.45) is 0. The Morgan fingerprint density at radius 2 is 1.92 bits per heavy atom. The van der Waals surface area contributed by atoms with E-state index in [1.807, 2.05) is 47.4 Å². The molecule has 1 aliphatic heterocycles. The molecule has 24 heavy (non-hydrogen) atoms. The van der Waals surface area contributed by atoms with E-state index in [0.29, 0.717) is 6.61 Å². The molecule has 2 aromatic carbocycles. The molecular weight excluding hydrogens is 300 g/mol. The van der Waals surface area contributed by atoms with Crippen molar-refractivity contribution in [2.24, 2.45) is 0 Å². The van der Waals surface area contributed by atoms with Crippen LogP contribution in [0.2, 0.25) is 0 Å². The average molecular weight is 324 g/mol. The van der Waals surface area contributed by atoms with E-state index < -0.39 is 0 Å². The molecule has 0 aliphatic carbocycles. The highest BCUT2D eigenvalue weighted by atomic mass is 16.5. The number of benzene rings is 2. The molecule has 0 spiro atoms. The lowest BCUT2D eigenvalue weighted by Crippen LogP contribution is -2.49. The van der Waals surface area contributed by atoms with Crippen molar-refractivity contribution in [1.29, 1.82) is 0 Å². The topological polar surface area (TPSA) is 32.8 Å². The van der Waals surface area contributed by atoms with Crippen molar-refractivity contribution in [2.75, 3.05) is 33.8 Å². The van der Waals surface area contributed by atoms with Gasteiger partial charge in [-0.3, -0.25) is 4.79 Å². The number of nitrogens with zero attached hydrogens (tertiary/aromatic N) is 2. The van der Waals surface area contributed by atoms with Crippen LogP contribution in [0, 0.1) is 0 Å². The van der Waals surface area contributed by atoms with Crippen LogP contribution in [-0.4, -0.2) is 49.5 Å². The molecular formula is C20H24N2O2. The normalized spacial score (nSPS) is 18.6. The van der Waals surface area contributed by atoms with Crippen LogP contribution in [0.5, 0.6) is 0 Å². The fourth-order valence-electron chi connectivity index (χ4n) is 3.25. The quantitative estimate of drug-likeness (QED) is 0.867. The molecule has 3 rings (SSSR count). The minimum Gasteiger partial charge on any atom is -0.380 e. The third kappa shape index (κ3) is 3.66. The number of ether oxygens (including phenoxy) is 1. The van der Waals surface area contributed by atoms with E-state index in [2.05, 4.69) is 24.1 Å². The lowest BCUT2D eigenvalue weighted by molar-refractivity contribution is 0.0497. The molecule has 4 nitrogen and oxygen atoms in total. The molecule has 0 bridgehead atoms. The van der Waals surface area contributed by atoms with Gasteiger partial charge in [0.15, 0.2) is 0 Å². The Labute approximate surface area is 143 Å². The molecule has 1 amide bonds. The summed E-state index contributed by atoms with van der Waals surface area (Å²) < 4.78 is 5.18. The van der Waals surface area contributed by atoms with Gasteiger partial charge in [0.1, 0.15) is 0 Å². The summed E-state index contributed by atoms with van der Waals surface area (Å²) in [6.45, 7) is 3.01. The molecule has 2 aromatic rings. The SMILES string of the molecule is COCc1cccc(C(=O)N2CCN(C)CC2c2ccccc2)c1. The molecule has 1 atom stereocenters. The molecule has 1 unspecified atom stereocenters. The first-order chi connectivity index (χ1) is 11.7. The Hall–Kier alpha value is -2.17. The maximum absolute atomic E-state index is 13.1. The number of piperazine rings is 1. The minimum atomic E-state index is 0.0866. The van der Waals surface area contributed by atoms with E-state index in [-0.39, 0.29) is 11.9 Å². The van der Waals surface area contributed by atoms with Gasteiger partial charge in [-0.2, -0.15) is 0 Å². The fraction of sp³-hybridized carbons (Fsp3) is 0.350. The van der Waals surface area contributed by atoms with Crippen LogP contribution in [0.3, 0.4) is 0 Å². The van der Waals surface area contributed by atoms with Gasteiger partial charge in [0, 0.05) is 32.3 Å². The lowest BCUT2D eigenvalue weighted by Gasteiger charge is -2.40. The highest BCUT2D eigenvalue weighted by Gasteiger charge is 2.30. The maximum Gasteiger partial charge on any atom is 0.254 e. The van der Waals surface area contributed by atoms with Crippen LogP contribution < -0.4 is 0 Å². The van der Waals surface area contributed by atoms with Crippen molar-refractivity contribution in [3.8, 4) is 0 Å². The van der Waals surface area contributed by atoms with Crippen molar-refractivity contribution in [3.05, 3.63) is 71.3 Å². The molecule has 1 aliphatic rings. The van der Waals surface area contributed by atoms with Gasteiger partial charge in [0.2, 0.25) is 0 Å². The Kier molecular flexibility index (Phi) is 5.28. The average Bonchev–Trinajstić information content (AvgIpc) is 2.62. The van der Waals surface area contributed by atoms with Crippen molar-refractivity contribution < 1.29 is 9.53 Å². The van der Waals surface area contributed by atoms with Gasteiger partial charge in [-0.25, -0.2) is 0 Å². The Morgan fingerprint density at radius 1 is 1.12 bits per heavy atom. The zero-order valence-corrected chi connectivity index (χ0v) is 14.3. The molecule has 0 saturated carbocycles. The van der Waals surface area contributed by atoms with Crippen LogP contribution in [0.15, 0.2) is 54.6 Å². The van der Waals surface area contributed by atoms with Gasteiger partial charge in [0.05, 0.1) is 12.6 Å². The van der Waals surface area contributed by atoms with E-state index in [1.54, 1.807) is 7.11 Å². The standard InChI is InChI=1S/C20H24N2O2/c1-21-11-12-22(19(14-21)17-8-4-3-5-9-17)20(23)18-10-6-7-16(13-18)15-24-2/h3-10,13,19H,11-12,14-15H2,1-2H3. The summed E-state index contributed by atoms with van der Waals surface area (Å²) in [5, 5.41) is 0. The first kappa shape index (κ1) is 16.7. The lowest BCUT2D eigenvalue weighted by atomic mass is 10.0. The second-order valence-electron chi connectivity index (χ2n) is 6.32. The molecule has 0 aromatic heterocycles. The maximum atomic E-state index is 13.1. The van der Waals surface area contributed by atoms with Gasteiger partial charge in [-0.15, -0.1) is 0 Å². The third-order valence-corrected chi connectivity index (χ3v) is 4.51. The molecule has 1 heterocycles. The number of carbonyl (C=O) groups excluding carboxylic acids is 1. The van der Waals surface area contributed by atoms with E-state index in [1.165, 1.54) is 5.56 Å². The van der Waals surface area contributed by atoms with E-state index in [9.17, 15) is 4.79 Å². The summed E-state index contributed by atoms with van der Waals surface area (Å²) in [7, 11) is 3.78. The van der Waals surface area contributed by atoms with Gasteiger partial charge in [-0.05, 0) is 30.3 Å². The Morgan fingerprint density at radius 3 is 2.67 bits per heavy atom. The Balaban J connectivity index is 1.87. The fourth-order valence-corrected chi connectivity index (χ4v) is 3.25. The van der Waals surface area contributed by atoms with E-state index >= 15 is 0 Å². The highest BCUT2D eigenvalue weighted by molar-refractivity contribution is 5.94. The molecule has 4 heteroatoms. The van der Waals surface area contributed by atoms with Gasteiger partial charge < -0.3 is 14.5 Å². The largest absolute Gasteiger partial charge is 0.380 e. The number of methoxy groups -OCH3 is 1. The highest BCUT2D eigenvalue weighted by Crippen LogP contribution is 2.26. The monoisotopic (exact) mass is 324 g/mol. The van der Waals surface area contributed by atoms with Crippen molar-refractivity contribution in [1.82, 2.24) is 9.80 Å². The van der Waals surface area contributed by atoms with Crippen LogP contribution >= 0.6 is 0 Å². The van der Waals surface area contributed by atoms with E-state index in [4.69, 9.17) is 4.74 Å². The van der Waals surface area contributed by atoms with Crippen LogP contribution in [-0.2, 0) is 11.3 Å². The number of amides is 1. The van der Waals surface area contributed by atoms with Crippen molar-refractivity contribution >= 4 is 5.91 Å². The number of likely N-dealkylation sites (N-methyl/N-ethyl adjacent to an activating group) is 1. The van der Waals surface area contributed by atoms with E-state index in [0.717, 1.165) is 30.8 Å². The zero-order valence-electron chi connectivity index (χ0n) is 14.3. The molecule has 126 valence electrons. The van der Waals surface area contributed by atoms with Crippen molar-refractivity contribution in [3.63, 3.8) is 0 Å². The summed E-state index contributed by atoms with van der Waals surface area (Å²) in [4.78, 5) is 17.4. The second-order valence-corrected chi connectivity index (χ2v) is 6.32. The second kappa shape index (κ2) is 7.60. The zero-order chi connectivity index (χ0) is 16.9. The predicted molar refractivity (Wildman–Crippen MR) is 94.9 cm³/mol. The number of rotatable bonds is 4. The van der Waals surface area contributed by atoms with Crippen molar-refractivity contribution in [2.45, 2.75) is 12.6 Å². The molecule has 1 saturated heterocycles. The van der Waals surface area contributed by atoms with Gasteiger partial charge >= 0.3 is 0 Å². The molecule has 1 fully saturated rings. The number of carbonyl (C=O) groups is 1. The number of hydrogen-bond acceptors (Lipinski definition) is 3. The third-order valence-electron chi connectivity index (χ3n) is 4.51. The number of hydrogen-bond donors (Lipinski definition) is 0. The van der Waals surface area contributed by atoms with Crippen LogP contribution in [0.4, 0.5) is 0 Å². The Bertz CT molecular complexity index is 687. The molecule has 0 N–H and O–H groups in total. The summed E-state index contributed by atoms with van der Waals surface area (Å²) in [6, 6.07) is 18.1. The minimum absolute atomic E-state index is 0.0866. The molecule has 0 radical (unpaired) electrons. The van der Waals surface area contributed by atoms with Crippen LogP contribution in [0.1, 0.15) is 27.5 Å². The summed E-state index contributed by atoms with van der Waals surface area (Å²) in [5.74, 6) is 0.0925. The van der Waals surface area contributed by atoms with Gasteiger partial charge in [0.25, 0.3) is 5.91 Å². The van der Waals surface area contributed by atoms with Crippen LogP contribution in [0.25, 0.3) is 0 Å². The van der Waals surface area contributed by atoms with Gasteiger partial charge in [-0.1, -0.05) is 42.5 Å². The smallest absolute Gasteiger partial charge is 0.254 e. The first-order valence-corrected chi connectivity index (χ1v) is 8.31. The first-order valence-electron chi connectivity index (χ1n) is 8.31. The summed E-state index contributed by atoms with van der Waals surface area (Å²) in [5.41, 5.74) is 2.94. The summed E-state index contributed by atoms with van der Waals surface area (Å²) >= 11 is 0.